The third kappa shape index (κ3) is 3.56. The summed E-state index contributed by atoms with van der Waals surface area (Å²) in [6.07, 6.45) is 1.30. The van der Waals surface area contributed by atoms with Gasteiger partial charge in [-0.25, -0.2) is 4.98 Å². The Kier molecular flexibility index (Phi) is 4.75. The number of carbonyl (C=O) groups is 2. The number of hydrogen-bond donors (Lipinski definition) is 0. The van der Waals surface area contributed by atoms with Gasteiger partial charge in [0.1, 0.15) is 0 Å². The van der Waals surface area contributed by atoms with Crippen LogP contribution in [0.2, 0.25) is 0 Å². The van der Waals surface area contributed by atoms with E-state index in [1.54, 1.807) is 23.2 Å². The highest BCUT2D eigenvalue weighted by Gasteiger charge is 2.22. The average Bonchev–Trinajstić information content (AvgIpc) is 2.74. The van der Waals surface area contributed by atoms with E-state index in [0.717, 1.165) is 17.1 Å². The van der Waals surface area contributed by atoms with Gasteiger partial charge in [-0.1, -0.05) is 0 Å². The van der Waals surface area contributed by atoms with E-state index in [1.807, 2.05) is 18.7 Å². The highest BCUT2D eigenvalue weighted by Crippen LogP contribution is 2.19. The molecule has 0 saturated carbocycles. The molecular weight excluding hydrogens is 274 g/mol. The van der Waals surface area contributed by atoms with Crippen molar-refractivity contribution in [3.05, 3.63) is 15.6 Å². The van der Waals surface area contributed by atoms with Crippen molar-refractivity contribution in [2.45, 2.75) is 33.6 Å². The molecule has 0 spiro atoms. The molecule has 0 bridgehead atoms. The number of carbonyl (C=O) groups excluding carboxylic acids is 2. The number of piperazine rings is 1. The zero-order valence-corrected chi connectivity index (χ0v) is 13.1. The predicted molar refractivity (Wildman–Crippen MR) is 78.7 cm³/mol. The van der Waals surface area contributed by atoms with Crippen molar-refractivity contribution in [3.63, 3.8) is 0 Å². The second kappa shape index (κ2) is 6.35. The van der Waals surface area contributed by atoms with E-state index in [1.165, 1.54) is 4.88 Å². The summed E-state index contributed by atoms with van der Waals surface area (Å²) < 4.78 is 0. The Hall–Kier alpha value is -1.43. The van der Waals surface area contributed by atoms with Gasteiger partial charge in [-0.2, -0.15) is 0 Å². The second-order valence-electron chi connectivity index (χ2n) is 5.13. The van der Waals surface area contributed by atoms with E-state index >= 15 is 0 Å². The molecule has 0 atom stereocenters. The fourth-order valence-electron chi connectivity index (χ4n) is 2.45. The first-order chi connectivity index (χ1) is 9.47. The van der Waals surface area contributed by atoms with Crippen LogP contribution in [0.4, 0.5) is 0 Å². The first-order valence-electron chi connectivity index (χ1n) is 6.93. The zero-order valence-electron chi connectivity index (χ0n) is 12.3. The molecule has 0 radical (unpaired) electrons. The smallest absolute Gasteiger partial charge is 0.223 e. The standard InChI is InChI=1S/C14H21N3O2S/c1-10-13(20-11(2)15-10)4-5-14(19)17-8-6-16(7-9-17)12(3)18/h4-9H2,1-3H3. The largest absolute Gasteiger partial charge is 0.339 e. The molecule has 1 aromatic heterocycles. The van der Waals surface area contributed by atoms with Gasteiger partial charge in [-0.3, -0.25) is 9.59 Å². The first kappa shape index (κ1) is 15.0. The number of aryl methyl sites for hydroxylation is 3. The van der Waals surface area contributed by atoms with Gasteiger partial charge in [0.2, 0.25) is 11.8 Å². The topological polar surface area (TPSA) is 53.5 Å². The molecule has 1 aliphatic heterocycles. The van der Waals surface area contributed by atoms with Crippen molar-refractivity contribution in [2.75, 3.05) is 26.2 Å². The Morgan fingerprint density at radius 2 is 1.75 bits per heavy atom. The van der Waals surface area contributed by atoms with Gasteiger partial charge in [0, 0.05) is 44.4 Å². The van der Waals surface area contributed by atoms with E-state index in [-0.39, 0.29) is 11.8 Å². The van der Waals surface area contributed by atoms with Crippen LogP contribution in [0, 0.1) is 13.8 Å². The average molecular weight is 295 g/mol. The summed E-state index contributed by atoms with van der Waals surface area (Å²) >= 11 is 1.67. The summed E-state index contributed by atoms with van der Waals surface area (Å²) in [7, 11) is 0. The molecular formula is C14H21N3O2S. The summed E-state index contributed by atoms with van der Waals surface area (Å²) in [5, 5.41) is 1.06. The summed E-state index contributed by atoms with van der Waals surface area (Å²) in [5.41, 5.74) is 1.04. The quantitative estimate of drug-likeness (QED) is 0.846. The van der Waals surface area contributed by atoms with Crippen LogP contribution in [-0.2, 0) is 16.0 Å². The van der Waals surface area contributed by atoms with Crippen LogP contribution in [0.1, 0.15) is 28.9 Å². The van der Waals surface area contributed by atoms with Crippen LogP contribution in [0.5, 0.6) is 0 Å². The Bertz CT molecular complexity index is 505. The lowest BCUT2D eigenvalue weighted by molar-refractivity contribution is -0.138. The highest BCUT2D eigenvalue weighted by molar-refractivity contribution is 7.11. The molecule has 20 heavy (non-hydrogen) atoms. The monoisotopic (exact) mass is 295 g/mol. The van der Waals surface area contributed by atoms with Gasteiger partial charge in [-0.05, 0) is 20.3 Å². The first-order valence-corrected chi connectivity index (χ1v) is 7.75. The molecule has 1 saturated heterocycles. The summed E-state index contributed by atoms with van der Waals surface area (Å²) in [5.74, 6) is 0.270. The van der Waals surface area contributed by atoms with Crippen molar-refractivity contribution in [2.24, 2.45) is 0 Å². The van der Waals surface area contributed by atoms with Crippen LogP contribution in [0.15, 0.2) is 0 Å². The lowest BCUT2D eigenvalue weighted by Crippen LogP contribution is -2.50. The number of aromatic nitrogens is 1. The number of rotatable bonds is 3. The summed E-state index contributed by atoms with van der Waals surface area (Å²) in [6.45, 7) is 8.17. The highest BCUT2D eigenvalue weighted by atomic mass is 32.1. The van der Waals surface area contributed by atoms with E-state index in [0.29, 0.717) is 32.6 Å². The molecule has 0 aliphatic carbocycles. The lowest BCUT2D eigenvalue weighted by Gasteiger charge is -2.34. The third-order valence-electron chi connectivity index (χ3n) is 3.64. The Labute approximate surface area is 123 Å². The van der Waals surface area contributed by atoms with Crippen molar-refractivity contribution >= 4 is 23.2 Å². The van der Waals surface area contributed by atoms with Crippen molar-refractivity contribution in [1.29, 1.82) is 0 Å². The van der Waals surface area contributed by atoms with Gasteiger partial charge in [0.25, 0.3) is 0 Å². The van der Waals surface area contributed by atoms with Crippen molar-refractivity contribution < 1.29 is 9.59 Å². The lowest BCUT2D eigenvalue weighted by atomic mass is 10.2. The van der Waals surface area contributed by atoms with Crippen molar-refractivity contribution in [1.82, 2.24) is 14.8 Å². The zero-order chi connectivity index (χ0) is 14.7. The van der Waals surface area contributed by atoms with Gasteiger partial charge in [0.15, 0.2) is 0 Å². The number of thiazole rings is 1. The van der Waals surface area contributed by atoms with Crippen LogP contribution in [-0.4, -0.2) is 52.8 Å². The minimum atomic E-state index is 0.0906. The Balaban J connectivity index is 1.81. The van der Waals surface area contributed by atoms with Gasteiger partial charge in [0.05, 0.1) is 10.7 Å². The minimum Gasteiger partial charge on any atom is -0.339 e. The SMILES string of the molecule is CC(=O)N1CCN(C(=O)CCc2sc(C)nc2C)CC1. The predicted octanol–water partition coefficient (Wildman–Crippen LogP) is 1.38. The number of nitrogens with zero attached hydrogens (tertiary/aromatic N) is 3. The maximum absolute atomic E-state index is 12.2. The fraction of sp³-hybridized carbons (Fsp3) is 0.643. The summed E-state index contributed by atoms with van der Waals surface area (Å²) in [6, 6.07) is 0. The van der Waals surface area contributed by atoms with Crippen LogP contribution in [0.25, 0.3) is 0 Å². The van der Waals surface area contributed by atoms with E-state index in [9.17, 15) is 9.59 Å². The van der Waals surface area contributed by atoms with Crippen LogP contribution < -0.4 is 0 Å². The molecule has 1 fully saturated rings. The molecule has 0 N–H and O–H groups in total. The van der Waals surface area contributed by atoms with Gasteiger partial charge >= 0.3 is 0 Å². The minimum absolute atomic E-state index is 0.0906. The van der Waals surface area contributed by atoms with Crippen molar-refractivity contribution in [3.8, 4) is 0 Å². The van der Waals surface area contributed by atoms with Crippen LogP contribution >= 0.6 is 11.3 Å². The van der Waals surface area contributed by atoms with Crippen LogP contribution in [0.3, 0.4) is 0 Å². The molecule has 2 heterocycles. The molecule has 1 aromatic rings. The molecule has 2 rings (SSSR count). The molecule has 0 aromatic carbocycles. The molecule has 2 amide bonds. The van der Waals surface area contributed by atoms with E-state index in [4.69, 9.17) is 0 Å². The molecule has 0 unspecified atom stereocenters. The molecule has 110 valence electrons. The maximum atomic E-state index is 12.2. The Morgan fingerprint density at radius 1 is 1.15 bits per heavy atom. The molecule has 6 heteroatoms. The maximum Gasteiger partial charge on any atom is 0.223 e. The normalized spacial score (nSPS) is 15.6. The third-order valence-corrected chi connectivity index (χ3v) is 4.78. The van der Waals surface area contributed by atoms with Gasteiger partial charge < -0.3 is 9.80 Å². The van der Waals surface area contributed by atoms with Gasteiger partial charge in [-0.15, -0.1) is 11.3 Å². The second-order valence-corrected chi connectivity index (χ2v) is 6.42. The fourth-order valence-corrected chi connectivity index (χ4v) is 3.39. The number of hydrogen-bond acceptors (Lipinski definition) is 4. The number of amides is 2. The van der Waals surface area contributed by atoms with E-state index in [2.05, 4.69) is 4.98 Å². The van der Waals surface area contributed by atoms with E-state index < -0.39 is 0 Å². The summed E-state index contributed by atoms with van der Waals surface area (Å²) in [4.78, 5) is 32.7. The molecule has 1 aliphatic rings. The molecule has 5 nitrogen and oxygen atoms in total. The Morgan fingerprint density at radius 3 is 2.25 bits per heavy atom.